The Morgan fingerprint density at radius 2 is 2.00 bits per heavy atom. The number of fused-ring (bicyclic) bond motifs is 1. The highest BCUT2D eigenvalue weighted by molar-refractivity contribution is 5.93. The van der Waals surface area contributed by atoms with Crippen molar-refractivity contribution in [2.45, 2.75) is 18.9 Å². The molecule has 2 aromatic carbocycles. The van der Waals surface area contributed by atoms with Crippen LogP contribution in [0.5, 0.6) is 0 Å². The minimum absolute atomic E-state index is 0.0505. The predicted octanol–water partition coefficient (Wildman–Crippen LogP) is 3.02. The third-order valence-corrected chi connectivity index (χ3v) is 3.86. The van der Waals surface area contributed by atoms with Crippen LogP contribution in [-0.2, 0) is 11.2 Å². The van der Waals surface area contributed by atoms with Gasteiger partial charge in [0, 0.05) is 17.7 Å². The van der Waals surface area contributed by atoms with Gasteiger partial charge in [0.15, 0.2) is 0 Å². The van der Waals surface area contributed by atoms with Gasteiger partial charge in [-0.15, -0.1) is 0 Å². The first-order valence-electron chi connectivity index (χ1n) is 7.03. The second-order valence-corrected chi connectivity index (χ2v) is 5.21. The zero-order valence-corrected chi connectivity index (χ0v) is 11.8. The molecular formula is C17H17FN2O. The monoisotopic (exact) mass is 284 g/mol. The first-order chi connectivity index (χ1) is 10.2. The number of hydrogen-bond donors (Lipinski definition) is 2. The van der Waals surface area contributed by atoms with E-state index in [1.165, 1.54) is 6.07 Å². The van der Waals surface area contributed by atoms with Crippen LogP contribution >= 0.6 is 0 Å². The molecule has 1 amide bonds. The van der Waals surface area contributed by atoms with Crippen molar-refractivity contribution in [2.75, 3.05) is 12.4 Å². The van der Waals surface area contributed by atoms with Crippen LogP contribution < -0.4 is 10.6 Å². The molecule has 0 radical (unpaired) electrons. The third-order valence-electron chi connectivity index (χ3n) is 3.86. The fraction of sp³-hybridized carbons (Fsp3) is 0.235. The number of anilines is 1. The van der Waals surface area contributed by atoms with Crippen molar-refractivity contribution in [3.8, 4) is 0 Å². The van der Waals surface area contributed by atoms with E-state index in [-0.39, 0.29) is 17.8 Å². The lowest BCUT2D eigenvalue weighted by molar-refractivity contribution is -0.116. The molecule has 21 heavy (non-hydrogen) atoms. The Kier molecular flexibility index (Phi) is 3.71. The summed E-state index contributed by atoms with van der Waals surface area (Å²) in [5, 5.41) is 6.03. The highest BCUT2D eigenvalue weighted by atomic mass is 19.1. The Hall–Kier alpha value is -2.20. The van der Waals surface area contributed by atoms with E-state index < -0.39 is 0 Å². The van der Waals surface area contributed by atoms with E-state index >= 15 is 0 Å². The Labute approximate surface area is 123 Å². The lowest BCUT2D eigenvalue weighted by Gasteiger charge is -2.22. The van der Waals surface area contributed by atoms with Crippen molar-refractivity contribution in [1.29, 1.82) is 0 Å². The number of nitrogens with one attached hydrogen (secondary N) is 2. The fourth-order valence-electron chi connectivity index (χ4n) is 2.79. The van der Waals surface area contributed by atoms with Crippen molar-refractivity contribution < 1.29 is 9.18 Å². The summed E-state index contributed by atoms with van der Waals surface area (Å²) in [6.45, 7) is 0. The van der Waals surface area contributed by atoms with Gasteiger partial charge in [0.2, 0.25) is 5.91 Å². The molecular weight excluding hydrogens is 267 g/mol. The van der Waals surface area contributed by atoms with E-state index in [0.717, 1.165) is 23.2 Å². The molecule has 108 valence electrons. The molecule has 3 rings (SSSR count). The van der Waals surface area contributed by atoms with E-state index in [2.05, 4.69) is 10.6 Å². The van der Waals surface area contributed by atoms with Gasteiger partial charge in [-0.2, -0.15) is 0 Å². The van der Waals surface area contributed by atoms with Crippen molar-refractivity contribution in [3.63, 3.8) is 0 Å². The molecule has 1 aliphatic rings. The average Bonchev–Trinajstić information content (AvgIpc) is 2.50. The molecule has 0 saturated carbocycles. The van der Waals surface area contributed by atoms with Crippen molar-refractivity contribution in [3.05, 3.63) is 65.0 Å². The van der Waals surface area contributed by atoms with Gasteiger partial charge in [-0.25, -0.2) is 4.39 Å². The summed E-state index contributed by atoms with van der Waals surface area (Å²) in [5.41, 5.74) is 3.58. The van der Waals surface area contributed by atoms with Crippen LogP contribution in [0, 0.1) is 5.82 Å². The summed E-state index contributed by atoms with van der Waals surface area (Å²) >= 11 is 0. The van der Waals surface area contributed by atoms with Gasteiger partial charge >= 0.3 is 0 Å². The van der Waals surface area contributed by atoms with Gasteiger partial charge in [0.1, 0.15) is 5.82 Å². The molecule has 1 atom stereocenters. The summed E-state index contributed by atoms with van der Waals surface area (Å²) < 4.78 is 14.0. The van der Waals surface area contributed by atoms with Crippen LogP contribution in [0.25, 0.3) is 0 Å². The summed E-state index contributed by atoms with van der Waals surface area (Å²) in [6.07, 6.45) is 1.23. The predicted molar refractivity (Wildman–Crippen MR) is 80.7 cm³/mol. The van der Waals surface area contributed by atoms with E-state index in [4.69, 9.17) is 0 Å². The quantitative estimate of drug-likeness (QED) is 0.909. The number of carbonyl (C=O) groups excluding carboxylic acids is 1. The second kappa shape index (κ2) is 5.66. The SMILES string of the molecule is CNC(c1ccc2c(c1)CCC(=O)N2)c1ccccc1F. The minimum Gasteiger partial charge on any atom is -0.326 e. The van der Waals surface area contributed by atoms with Crippen LogP contribution in [0.15, 0.2) is 42.5 Å². The Morgan fingerprint density at radius 3 is 2.76 bits per heavy atom. The largest absolute Gasteiger partial charge is 0.326 e. The maximum absolute atomic E-state index is 14.0. The first-order valence-corrected chi connectivity index (χ1v) is 7.03. The van der Waals surface area contributed by atoms with Gasteiger partial charge in [-0.1, -0.05) is 30.3 Å². The van der Waals surface area contributed by atoms with Crippen molar-refractivity contribution in [1.82, 2.24) is 5.32 Å². The molecule has 1 aliphatic heterocycles. The van der Waals surface area contributed by atoms with Gasteiger partial charge in [-0.3, -0.25) is 4.79 Å². The Balaban J connectivity index is 1.99. The normalized spacial score (nSPS) is 15.2. The summed E-state index contributed by atoms with van der Waals surface area (Å²) in [4.78, 5) is 11.4. The van der Waals surface area contributed by atoms with Crippen LogP contribution in [-0.4, -0.2) is 13.0 Å². The van der Waals surface area contributed by atoms with Crippen LogP contribution in [0.2, 0.25) is 0 Å². The van der Waals surface area contributed by atoms with Crippen LogP contribution in [0.3, 0.4) is 0 Å². The minimum atomic E-state index is -0.220. The lowest BCUT2D eigenvalue weighted by Crippen LogP contribution is -2.22. The van der Waals surface area contributed by atoms with E-state index in [1.807, 2.05) is 31.3 Å². The number of hydrogen-bond acceptors (Lipinski definition) is 2. The molecule has 1 heterocycles. The number of amides is 1. The zero-order chi connectivity index (χ0) is 14.8. The zero-order valence-electron chi connectivity index (χ0n) is 11.8. The standard InChI is InChI=1S/C17H17FN2O/c1-19-17(13-4-2-3-5-14(13)18)12-6-8-15-11(10-12)7-9-16(21)20-15/h2-6,8,10,17,19H,7,9H2,1H3,(H,20,21). The topological polar surface area (TPSA) is 41.1 Å². The summed E-state index contributed by atoms with van der Waals surface area (Å²) in [6, 6.07) is 12.5. The number of rotatable bonds is 3. The average molecular weight is 284 g/mol. The maximum Gasteiger partial charge on any atom is 0.224 e. The number of halogens is 1. The van der Waals surface area contributed by atoms with Gasteiger partial charge < -0.3 is 10.6 Å². The van der Waals surface area contributed by atoms with Gasteiger partial charge in [-0.05, 0) is 36.7 Å². The van der Waals surface area contributed by atoms with E-state index in [9.17, 15) is 9.18 Å². The van der Waals surface area contributed by atoms with Crippen LogP contribution in [0.4, 0.5) is 10.1 Å². The smallest absolute Gasteiger partial charge is 0.224 e. The molecule has 0 spiro atoms. The molecule has 0 aliphatic carbocycles. The summed E-state index contributed by atoms with van der Waals surface area (Å²) in [5.74, 6) is -0.169. The fourth-order valence-corrected chi connectivity index (χ4v) is 2.79. The highest BCUT2D eigenvalue weighted by Gasteiger charge is 2.19. The molecule has 4 heteroatoms. The van der Waals surface area contributed by atoms with E-state index in [1.54, 1.807) is 12.1 Å². The Morgan fingerprint density at radius 1 is 1.19 bits per heavy atom. The van der Waals surface area contributed by atoms with Crippen molar-refractivity contribution >= 4 is 11.6 Å². The van der Waals surface area contributed by atoms with Crippen molar-refractivity contribution in [2.24, 2.45) is 0 Å². The Bertz CT molecular complexity index is 684. The highest BCUT2D eigenvalue weighted by Crippen LogP contribution is 2.29. The van der Waals surface area contributed by atoms with Gasteiger partial charge in [0.05, 0.1) is 6.04 Å². The second-order valence-electron chi connectivity index (χ2n) is 5.21. The lowest BCUT2D eigenvalue weighted by atomic mass is 9.93. The molecule has 1 unspecified atom stereocenters. The molecule has 0 saturated heterocycles. The third kappa shape index (κ3) is 2.67. The maximum atomic E-state index is 14.0. The molecule has 2 aromatic rings. The number of aryl methyl sites for hydroxylation is 1. The molecule has 3 nitrogen and oxygen atoms in total. The van der Waals surface area contributed by atoms with Gasteiger partial charge in [0.25, 0.3) is 0 Å². The molecule has 0 fully saturated rings. The van der Waals surface area contributed by atoms with Crippen LogP contribution in [0.1, 0.15) is 29.2 Å². The molecule has 0 aromatic heterocycles. The first kappa shape index (κ1) is 13.8. The number of carbonyl (C=O) groups is 1. The van der Waals surface area contributed by atoms with E-state index in [0.29, 0.717) is 12.0 Å². The summed E-state index contributed by atoms with van der Waals surface area (Å²) in [7, 11) is 1.82. The number of benzene rings is 2. The molecule has 0 bridgehead atoms. The molecule has 2 N–H and O–H groups in total.